The van der Waals surface area contributed by atoms with E-state index in [1.807, 2.05) is 7.05 Å². The standard InChI is InChI=1S/C18H20N2O3/c1-19-11-8-14(22)16-15-9(11)7-12-10-3-4-13(21)17(23-16)18(10,15)5-6-20(12)2/h3-4,8,10,12,17,19,22H,5-7H2,1-2H3/t10-,12+,17-,18-/m0/s1. The number of aromatic hydroxyl groups is 1. The van der Waals surface area contributed by atoms with E-state index in [1.165, 1.54) is 5.56 Å². The van der Waals surface area contributed by atoms with E-state index in [4.69, 9.17) is 4.74 Å². The molecule has 5 heteroatoms. The molecule has 2 N–H and O–H groups in total. The summed E-state index contributed by atoms with van der Waals surface area (Å²) in [6.45, 7) is 0.950. The zero-order valence-corrected chi connectivity index (χ0v) is 13.3. The number of hydrogen-bond acceptors (Lipinski definition) is 5. The van der Waals surface area contributed by atoms with Gasteiger partial charge in [0.25, 0.3) is 0 Å². The van der Waals surface area contributed by atoms with Crippen molar-refractivity contribution in [3.63, 3.8) is 0 Å². The van der Waals surface area contributed by atoms with Crippen molar-refractivity contribution in [2.24, 2.45) is 5.92 Å². The lowest BCUT2D eigenvalue weighted by molar-refractivity contribution is -0.127. The molecule has 1 saturated heterocycles. The fraction of sp³-hybridized carbons (Fsp3) is 0.500. The fourth-order valence-electron chi connectivity index (χ4n) is 5.39. The second-order valence-corrected chi connectivity index (χ2v) is 7.20. The Labute approximate surface area is 134 Å². The number of hydrogen-bond donors (Lipinski definition) is 2. The minimum Gasteiger partial charge on any atom is -0.504 e. The maximum Gasteiger partial charge on any atom is 0.196 e. The molecule has 1 aromatic rings. The Morgan fingerprint density at radius 1 is 1.48 bits per heavy atom. The van der Waals surface area contributed by atoms with Crippen molar-refractivity contribution >= 4 is 11.5 Å². The molecule has 0 radical (unpaired) electrons. The summed E-state index contributed by atoms with van der Waals surface area (Å²) < 4.78 is 6.06. The number of likely N-dealkylation sites (tertiary alicyclic amines) is 1. The third-order valence-corrected chi connectivity index (χ3v) is 6.40. The number of piperidine rings is 1. The number of likely N-dealkylation sites (N-methyl/N-ethyl adjacent to an activating group) is 1. The zero-order chi connectivity index (χ0) is 15.9. The van der Waals surface area contributed by atoms with Crippen LogP contribution in [0.15, 0.2) is 18.2 Å². The van der Waals surface area contributed by atoms with Crippen LogP contribution in [-0.4, -0.2) is 48.6 Å². The number of nitrogens with zero attached hydrogens (tertiary/aromatic N) is 1. The van der Waals surface area contributed by atoms with E-state index in [1.54, 1.807) is 12.1 Å². The molecular weight excluding hydrogens is 292 g/mol. The van der Waals surface area contributed by atoms with Crippen LogP contribution in [-0.2, 0) is 16.6 Å². The predicted molar refractivity (Wildman–Crippen MR) is 86.1 cm³/mol. The quantitative estimate of drug-likeness (QED) is 0.822. The van der Waals surface area contributed by atoms with Gasteiger partial charge in [-0.05, 0) is 38.1 Å². The zero-order valence-electron chi connectivity index (χ0n) is 13.3. The Balaban J connectivity index is 1.87. The van der Waals surface area contributed by atoms with Crippen LogP contribution in [0, 0.1) is 5.92 Å². The van der Waals surface area contributed by atoms with E-state index in [2.05, 4.69) is 23.3 Å². The van der Waals surface area contributed by atoms with Crippen molar-refractivity contribution in [3.8, 4) is 11.5 Å². The number of phenolic OH excluding ortho intramolecular Hbond substituents is 1. The summed E-state index contributed by atoms with van der Waals surface area (Å²) in [6.07, 6.45) is 5.09. The lowest BCUT2D eigenvalue weighted by Crippen LogP contribution is -2.64. The number of benzene rings is 1. The van der Waals surface area contributed by atoms with E-state index in [-0.39, 0.29) is 22.9 Å². The molecule has 2 aliphatic heterocycles. The number of carbonyl (C=O) groups is 1. The molecule has 4 atom stereocenters. The number of ether oxygens (including phenoxy) is 1. The van der Waals surface area contributed by atoms with Gasteiger partial charge in [-0.2, -0.15) is 0 Å². The second-order valence-electron chi connectivity index (χ2n) is 7.20. The van der Waals surface area contributed by atoms with Crippen molar-refractivity contribution in [1.29, 1.82) is 0 Å². The summed E-state index contributed by atoms with van der Waals surface area (Å²) in [5.41, 5.74) is 2.93. The summed E-state index contributed by atoms with van der Waals surface area (Å²) in [7, 11) is 4.04. The van der Waals surface area contributed by atoms with Crippen molar-refractivity contribution in [3.05, 3.63) is 29.3 Å². The topological polar surface area (TPSA) is 61.8 Å². The van der Waals surface area contributed by atoms with Gasteiger partial charge in [0.2, 0.25) is 0 Å². The van der Waals surface area contributed by atoms with Crippen LogP contribution in [0.25, 0.3) is 0 Å². The van der Waals surface area contributed by atoms with Crippen LogP contribution in [0.4, 0.5) is 5.69 Å². The molecule has 5 nitrogen and oxygen atoms in total. The normalized spacial score (nSPS) is 36.6. The molecule has 0 unspecified atom stereocenters. The van der Waals surface area contributed by atoms with Gasteiger partial charge in [0, 0.05) is 36.3 Å². The van der Waals surface area contributed by atoms with Gasteiger partial charge in [-0.1, -0.05) is 6.08 Å². The lowest BCUT2D eigenvalue weighted by atomic mass is 9.53. The molecule has 5 rings (SSSR count). The first kappa shape index (κ1) is 13.4. The molecule has 1 aromatic carbocycles. The highest BCUT2D eigenvalue weighted by Gasteiger charge is 2.64. The average molecular weight is 312 g/mol. The van der Waals surface area contributed by atoms with E-state index < -0.39 is 6.10 Å². The molecule has 1 spiro atoms. The van der Waals surface area contributed by atoms with Gasteiger partial charge in [0.1, 0.15) is 0 Å². The second kappa shape index (κ2) is 4.09. The van der Waals surface area contributed by atoms with E-state index >= 15 is 0 Å². The van der Waals surface area contributed by atoms with Gasteiger partial charge in [-0.25, -0.2) is 0 Å². The summed E-state index contributed by atoms with van der Waals surface area (Å²) in [4.78, 5) is 14.9. The number of carbonyl (C=O) groups excluding carboxylic acids is 1. The molecule has 2 aliphatic carbocycles. The summed E-state index contributed by atoms with van der Waals surface area (Å²) in [5.74, 6) is 0.970. The Hall–Kier alpha value is -2.01. The molecule has 2 bridgehead atoms. The third kappa shape index (κ3) is 1.36. The summed E-state index contributed by atoms with van der Waals surface area (Å²) >= 11 is 0. The van der Waals surface area contributed by atoms with Gasteiger partial charge in [0.15, 0.2) is 23.4 Å². The maximum atomic E-state index is 12.5. The number of nitrogens with one attached hydrogen (secondary N) is 1. The van der Waals surface area contributed by atoms with Crippen molar-refractivity contribution in [1.82, 2.24) is 4.90 Å². The Kier molecular flexibility index (Phi) is 2.39. The molecule has 0 aromatic heterocycles. The van der Waals surface area contributed by atoms with Crippen LogP contribution in [0.2, 0.25) is 0 Å². The number of rotatable bonds is 1. The first-order valence-electron chi connectivity index (χ1n) is 8.24. The van der Waals surface area contributed by atoms with Crippen LogP contribution >= 0.6 is 0 Å². The number of phenols is 1. The molecule has 2 heterocycles. The van der Waals surface area contributed by atoms with Crippen molar-refractivity contribution in [2.45, 2.75) is 30.4 Å². The molecule has 0 amide bonds. The van der Waals surface area contributed by atoms with E-state index in [0.717, 1.165) is 30.6 Å². The van der Waals surface area contributed by atoms with Crippen LogP contribution in [0.3, 0.4) is 0 Å². The molecule has 1 fully saturated rings. The minimum absolute atomic E-state index is 0.0269. The van der Waals surface area contributed by atoms with Gasteiger partial charge in [-0.15, -0.1) is 0 Å². The molecule has 23 heavy (non-hydrogen) atoms. The highest BCUT2D eigenvalue weighted by atomic mass is 16.5. The summed E-state index contributed by atoms with van der Waals surface area (Å²) in [6, 6.07) is 2.10. The number of anilines is 1. The molecular formula is C18H20N2O3. The Morgan fingerprint density at radius 3 is 3.09 bits per heavy atom. The number of ketones is 1. The largest absolute Gasteiger partial charge is 0.504 e. The van der Waals surface area contributed by atoms with Crippen molar-refractivity contribution < 1.29 is 14.6 Å². The molecule has 0 saturated carbocycles. The smallest absolute Gasteiger partial charge is 0.196 e. The Morgan fingerprint density at radius 2 is 2.30 bits per heavy atom. The van der Waals surface area contributed by atoms with Gasteiger partial charge >= 0.3 is 0 Å². The SMILES string of the molecule is CNc1cc(O)c2c3c1C[C@@H]1[C@@H]4C=CC(=O)[C@H](O2)[C@]34CCN1C. The van der Waals surface area contributed by atoms with Crippen LogP contribution < -0.4 is 10.1 Å². The summed E-state index contributed by atoms with van der Waals surface area (Å²) in [5, 5.41) is 13.7. The minimum atomic E-state index is -0.485. The first-order chi connectivity index (χ1) is 11.1. The average Bonchev–Trinajstić information content (AvgIpc) is 2.89. The van der Waals surface area contributed by atoms with E-state index in [0.29, 0.717) is 11.8 Å². The predicted octanol–water partition coefficient (Wildman–Crippen LogP) is 1.45. The lowest BCUT2D eigenvalue weighted by Gasteiger charge is -2.55. The van der Waals surface area contributed by atoms with Gasteiger partial charge in [-0.3, -0.25) is 4.79 Å². The molecule has 4 aliphatic rings. The Bertz CT molecular complexity index is 772. The monoisotopic (exact) mass is 312 g/mol. The van der Waals surface area contributed by atoms with Crippen LogP contribution in [0.1, 0.15) is 17.5 Å². The highest BCUT2D eigenvalue weighted by molar-refractivity contribution is 5.98. The first-order valence-corrected chi connectivity index (χ1v) is 8.24. The van der Waals surface area contributed by atoms with Gasteiger partial charge in [0.05, 0.1) is 5.41 Å². The van der Waals surface area contributed by atoms with Crippen molar-refractivity contribution in [2.75, 3.05) is 26.0 Å². The van der Waals surface area contributed by atoms with Gasteiger partial charge < -0.3 is 20.1 Å². The highest BCUT2D eigenvalue weighted by Crippen LogP contribution is 2.62. The van der Waals surface area contributed by atoms with E-state index in [9.17, 15) is 9.90 Å². The fourth-order valence-corrected chi connectivity index (χ4v) is 5.39. The third-order valence-electron chi connectivity index (χ3n) is 6.40. The van der Waals surface area contributed by atoms with Crippen LogP contribution in [0.5, 0.6) is 11.5 Å². The molecule has 120 valence electrons. The maximum absolute atomic E-state index is 12.5.